The van der Waals surface area contributed by atoms with Gasteiger partial charge in [-0.2, -0.15) is 0 Å². The summed E-state index contributed by atoms with van der Waals surface area (Å²) in [5.74, 6) is -0.117. The van der Waals surface area contributed by atoms with Crippen LogP contribution >= 0.6 is 0 Å². The molecule has 1 heterocycles. The lowest BCUT2D eigenvalue weighted by atomic mass is 9.97. The van der Waals surface area contributed by atoms with Crippen LogP contribution in [0.15, 0.2) is 36.4 Å². The molecule has 0 saturated carbocycles. The standard InChI is InChI=1S/C11H10O3/c1-7(11(12)13)6-10-8-4-2-3-5-9(8)14-10/h2-5,10H,1,6H2,(H,12,13). The lowest BCUT2D eigenvalue weighted by molar-refractivity contribution is -0.133. The SMILES string of the molecule is C=C(CC1Oc2ccccc21)C(=O)O. The van der Waals surface area contributed by atoms with Gasteiger partial charge >= 0.3 is 5.97 Å². The molecule has 0 saturated heterocycles. The number of carboxylic acid groups (broad SMARTS) is 1. The van der Waals surface area contributed by atoms with Gasteiger partial charge in [0.2, 0.25) is 0 Å². The largest absolute Gasteiger partial charge is 0.485 e. The first-order valence-corrected chi connectivity index (χ1v) is 4.35. The van der Waals surface area contributed by atoms with Gasteiger partial charge in [0.25, 0.3) is 0 Å². The first-order chi connectivity index (χ1) is 6.68. The van der Waals surface area contributed by atoms with E-state index in [1.165, 1.54) is 0 Å². The molecule has 0 aromatic heterocycles. The van der Waals surface area contributed by atoms with Crippen molar-refractivity contribution in [3.05, 3.63) is 42.0 Å². The zero-order chi connectivity index (χ0) is 10.1. The van der Waals surface area contributed by atoms with E-state index in [0.717, 1.165) is 11.3 Å². The summed E-state index contributed by atoms with van der Waals surface area (Å²) in [6.07, 6.45) is 0.224. The van der Waals surface area contributed by atoms with Crippen LogP contribution in [-0.2, 0) is 4.79 Å². The lowest BCUT2D eigenvalue weighted by Gasteiger charge is -2.30. The number of hydrogen-bond acceptors (Lipinski definition) is 2. The van der Waals surface area contributed by atoms with Crippen LogP contribution < -0.4 is 4.74 Å². The van der Waals surface area contributed by atoms with E-state index in [-0.39, 0.29) is 11.7 Å². The Morgan fingerprint density at radius 2 is 2.21 bits per heavy atom. The summed E-state index contributed by atoms with van der Waals surface area (Å²) in [7, 11) is 0. The third-order valence-corrected chi connectivity index (χ3v) is 2.27. The molecule has 1 aromatic carbocycles. The van der Waals surface area contributed by atoms with Crippen molar-refractivity contribution in [2.75, 3.05) is 0 Å². The van der Waals surface area contributed by atoms with Crippen LogP contribution in [0.4, 0.5) is 0 Å². The first-order valence-electron chi connectivity index (χ1n) is 4.35. The fraction of sp³-hybridized carbons (Fsp3) is 0.182. The number of rotatable bonds is 3. The Morgan fingerprint density at radius 3 is 2.86 bits per heavy atom. The second-order valence-electron chi connectivity index (χ2n) is 3.26. The van der Waals surface area contributed by atoms with Gasteiger partial charge in [-0.1, -0.05) is 24.8 Å². The highest BCUT2D eigenvalue weighted by molar-refractivity contribution is 5.85. The normalized spacial score (nSPS) is 17.6. The van der Waals surface area contributed by atoms with Gasteiger partial charge in [-0.05, 0) is 6.07 Å². The third-order valence-electron chi connectivity index (χ3n) is 2.27. The van der Waals surface area contributed by atoms with Gasteiger partial charge < -0.3 is 9.84 Å². The second-order valence-corrected chi connectivity index (χ2v) is 3.26. The molecule has 1 unspecified atom stereocenters. The summed E-state index contributed by atoms with van der Waals surface area (Å²) in [6.45, 7) is 3.47. The molecule has 0 aliphatic carbocycles. The van der Waals surface area contributed by atoms with Crippen LogP contribution in [0.25, 0.3) is 0 Å². The Morgan fingerprint density at radius 1 is 1.50 bits per heavy atom. The van der Waals surface area contributed by atoms with Crippen molar-refractivity contribution < 1.29 is 14.6 Å². The fourth-order valence-electron chi connectivity index (χ4n) is 1.48. The maximum Gasteiger partial charge on any atom is 0.331 e. The Labute approximate surface area is 81.6 Å². The zero-order valence-corrected chi connectivity index (χ0v) is 7.56. The quantitative estimate of drug-likeness (QED) is 0.743. The van der Waals surface area contributed by atoms with Crippen molar-refractivity contribution in [1.29, 1.82) is 0 Å². The maximum atomic E-state index is 10.5. The fourth-order valence-corrected chi connectivity index (χ4v) is 1.48. The van der Waals surface area contributed by atoms with E-state index in [9.17, 15) is 4.79 Å². The molecule has 72 valence electrons. The molecule has 1 aliphatic rings. The molecule has 1 aromatic rings. The molecule has 0 radical (unpaired) electrons. The number of carbonyl (C=O) groups is 1. The minimum absolute atomic E-state index is 0.130. The van der Waals surface area contributed by atoms with Crippen LogP contribution in [0, 0.1) is 0 Å². The minimum Gasteiger partial charge on any atom is -0.485 e. The molecule has 0 fully saturated rings. The molecular formula is C11H10O3. The van der Waals surface area contributed by atoms with E-state index in [2.05, 4.69) is 6.58 Å². The van der Waals surface area contributed by atoms with Gasteiger partial charge in [0.05, 0.1) is 0 Å². The minimum atomic E-state index is -0.960. The lowest BCUT2D eigenvalue weighted by Crippen LogP contribution is -2.20. The number of ether oxygens (including phenoxy) is 1. The van der Waals surface area contributed by atoms with Gasteiger partial charge in [-0.15, -0.1) is 0 Å². The van der Waals surface area contributed by atoms with E-state index in [1.54, 1.807) is 0 Å². The van der Waals surface area contributed by atoms with Gasteiger partial charge in [-0.25, -0.2) is 4.79 Å². The summed E-state index contributed by atoms with van der Waals surface area (Å²) in [6, 6.07) is 7.62. The molecule has 0 amide bonds. The predicted molar refractivity (Wildman–Crippen MR) is 51.2 cm³/mol. The average molecular weight is 190 g/mol. The van der Waals surface area contributed by atoms with Gasteiger partial charge in [0.15, 0.2) is 0 Å². The van der Waals surface area contributed by atoms with Crippen molar-refractivity contribution in [2.24, 2.45) is 0 Å². The van der Waals surface area contributed by atoms with E-state index in [1.807, 2.05) is 24.3 Å². The van der Waals surface area contributed by atoms with Crippen LogP contribution in [0.3, 0.4) is 0 Å². The monoisotopic (exact) mass is 190 g/mol. The summed E-state index contributed by atoms with van der Waals surface area (Å²) in [4.78, 5) is 10.5. The highest BCUT2D eigenvalue weighted by Crippen LogP contribution is 2.41. The predicted octanol–water partition coefficient (Wildman–Crippen LogP) is 2.15. The van der Waals surface area contributed by atoms with E-state index in [0.29, 0.717) is 6.42 Å². The number of para-hydroxylation sites is 1. The number of fused-ring (bicyclic) bond motifs is 1. The second kappa shape index (κ2) is 3.18. The number of aliphatic carboxylic acids is 1. The van der Waals surface area contributed by atoms with E-state index >= 15 is 0 Å². The number of carboxylic acids is 1. The van der Waals surface area contributed by atoms with Crippen molar-refractivity contribution in [2.45, 2.75) is 12.5 Å². The van der Waals surface area contributed by atoms with Crippen LogP contribution in [0.5, 0.6) is 5.75 Å². The zero-order valence-electron chi connectivity index (χ0n) is 7.56. The summed E-state index contributed by atoms with van der Waals surface area (Å²) < 4.78 is 5.38. The molecule has 14 heavy (non-hydrogen) atoms. The van der Waals surface area contributed by atoms with Gasteiger partial charge in [0.1, 0.15) is 11.9 Å². The molecule has 2 rings (SSSR count). The van der Waals surface area contributed by atoms with Crippen molar-refractivity contribution in [3.63, 3.8) is 0 Å². The molecular weight excluding hydrogens is 180 g/mol. The van der Waals surface area contributed by atoms with Gasteiger partial charge in [0, 0.05) is 17.6 Å². The Balaban J connectivity index is 2.06. The molecule has 0 spiro atoms. The first kappa shape index (κ1) is 8.81. The molecule has 1 N–H and O–H groups in total. The number of benzene rings is 1. The Kier molecular flexibility index (Phi) is 2.00. The molecule has 1 aliphatic heterocycles. The van der Waals surface area contributed by atoms with Crippen LogP contribution in [0.1, 0.15) is 18.1 Å². The van der Waals surface area contributed by atoms with E-state index in [4.69, 9.17) is 9.84 Å². The molecule has 1 atom stereocenters. The third kappa shape index (κ3) is 1.37. The van der Waals surface area contributed by atoms with Crippen molar-refractivity contribution >= 4 is 5.97 Å². The topological polar surface area (TPSA) is 46.5 Å². The van der Waals surface area contributed by atoms with Crippen molar-refractivity contribution in [1.82, 2.24) is 0 Å². The summed E-state index contributed by atoms with van der Waals surface area (Å²) in [5.41, 5.74) is 1.25. The number of hydrogen-bond donors (Lipinski definition) is 1. The van der Waals surface area contributed by atoms with E-state index < -0.39 is 5.97 Å². The van der Waals surface area contributed by atoms with Crippen LogP contribution in [-0.4, -0.2) is 11.1 Å². The summed E-state index contributed by atoms with van der Waals surface area (Å²) in [5, 5.41) is 8.64. The average Bonchev–Trinajstić information content (AvgIpc) is 2.13. The van der Waals surface area contributed by atoms with Crippen LogP contribution in [0.2, 0.25) is 0 Å². The Bertz CT molecular complexity index is 395. The molecule has 3 heteroatoms. The van der Waals surface area contributed by atoms with Gasteiger partial charge in [-0.3, -0.25) is 0 Å². The van der Waals surface area contributed by atoms with Crippen molar-refractivity contribution in [3.8, 4) is 5.75 Å². The highest BCUT2D eigenvalue weighted by Gasteiger charge is 2.28. The molecule has 0 bridgehead atoms. The Hall–Kier alpha value is -1.77. The molecule has 3 nitrogen and oxygen atoms in total. The maximum absolute atomic E-state index is 10.5. The smallest absolute Gasteiger partial charge is 0.331 e. The highest BCUT2D eigenvalue weighted by atomic mass is 16.5. The summed E-state index contributed by atoms with van der Waals surface area (Å²) >= 11 is 0.